The highest BCUT2D eigenvalue weighted by atomic mass is 32.2. The van der Waals surface area contributed by atoms with Gasteiger partial charge >= 0.3 is 0 Å². The maximum atomic E-state index is 13.6. The molecule has 1 aromatic carbocycles. The fourth-order valence-electron chi connectivity index (χ4n) is 1.73. The summed E-state index contributed by atoms with van der Waals surface area (Å²) in [5.74, 6) is -0.794. The zero-order chi connectivity index (χ0) is 14.0. The van der Waals surface area contributed by atoms with E-state index < -0.39 is 16.9 Å². The van der Waals surface area contributed by atoms with Crippen LogP contribution in [-0.2, 0) is 0 Å². The van der Waals surface area contributed by atoms with Crippen molar-refractivity contribution in [3.05, 3.63) is 47.2 Å². The van der Waals surface area contributed by atoms with E-state index in [2.05, 4.69) is 9.97 Å². The van der Waals surface area contributed by atoms with Crippen molar-refractivity contribution in [1.29, 1.82) is 0 Å². The summed E-state index contributed by atoms with van der Waals surface area (Å²) in [7, 11) is 0. The second-order valence-corrected chi connectivity index (χ2v) is 5.42. The van der Waals surface area contributed by atoms with E-state index >= 15 is 0 Å². The molecule has 0 aliphatic heterocycles. The second kappa shape index (κ2) is 5.52. The van der Waals surface area contributed by atoms with E-state index in [4.69, 9.17) is 5.73 Å². The van der Waals surface area contributed by atoms with E-state index in [1.807, 2.05) is 0 Å². The predicted molar refractivity (Wildman–Crippen MR) is 71.8 cm³/mol. The van der Waals surface area contributed by atoms with Crippen LogP contribution in [0.2, 0.25) is 0 Å². The number of aryl methyl sites for hydroxylation is 1. The Hall–Kier alpha value is -1.69. The van der Waals surface area contributed by atoms with Gasteiger partial charge in [0.05, 0.1) is 0 Å². The molecule has 19 heavy (non-hydrogen) atoms. The molecule has 2 aromatic rings. The largest absolute Gasteiger partial charge is 0.384 e. The lowest BCUT2D eigenvalue weighted by molar-refractivity contribution is 0.557. The Labute approximate surface area is 114 Å². The van der Waals surface area contributed by atoms with Crippen LogP contribution >= 0.6 is 11.8 Å². The number of nitrogens with zero attached hydrogens (tertiary/aromatic N) is 2. The minimum Gasteiger partial charge on any atom is -0.384 e. The van der Waals surface area contributed by atoms with Gasteiger partial charge in [0.2, 0.25) is 0 Å². The SMILES string of the molecule is Cc1cc(N)nc(S[C@H](C)c2c(F)cccc2F)n1. The molecule has 6 heteroatoms. The summed E-state index contributed by atoms with van der Waals surface area (Å²) in [4.78, 5) is 8.23. The molecule has 0 radical (unpaired) electrons. The summed E-state index contributed by atoms with van der Waals surface area (Å²) in [6.45, 7) is 3.49. The third kappa shape index (κ3) is 3.20. The van der Waals surface area contributed by atoms with Crippen molar-refractivity contribution in [1.82, 2.24) is 9.97 Å². The molecular weight excluding hydrogens is 268 g/mol. The summed E-state index contributed by atoms with van der Waals surface area (Å²) in [6, 6.07) is 5.45. The molecule has 0 saturated carbocycles. The van der Waals surface area contributed by atoms with E-state index in [-0.39, 0.29) is 5.56 Å². The number of anilines is 1. The normalized spacial score (nSPS) is 12.4. The summed E-state index contributed by atoms with van der Waals surface area (Å²) in [6.07, 6.45) is 0. The molecular formula is C13H13F2N3S. The van der Waals surface area contributed by atoms with E-state index in [0.29, 0.717) is 11.0 Å². The summed E-state index contributed by atoms with van der Waals surface area (Å²) >= 11 is 1.17. The maximum absolute atomic E-state index is 13.6. The molecule has 0 spiro atoms. The Morgan fingerprint density at radius 1 is 1.21 bits per heavy atom. The van der Waals surface area contributed by atoms with Crippen LogP contribution in [0.1, 0.15) is 23.4 Å². The number of rotatable bonds is 3. The van der Waals surface area contributed by atoms with Crippen LogP contribution in [0.5, 0.6) is 0 Å². The molecule has 0 fully saturated rings. The van der Waals surface area contributed by atoms with Crippen molar-refractivity contribution in [2.24, 2.45) is 0 Å². The highest BCUT2D eigenvalue weighted by Crippen LogP contribution is 2.35. The number of nitrogen functional groups attached to an aromatic ring is 1. The van der Waals surface area contributed by atoms with Crippen LogP contribution in [0.15, 0.2) is 29.4 Å². The molecule has 100 valence electrons. The van der Waals surface area contributed by atoms with Crippen LogP contribution in [0.3, 0.4) is 0 Å². The van der Waals surface area contributed by atoms with Gasteiger partial charge in [0.1, 0.15) is 17.5 Å². The summed E-state index contributed by atoms with van der Waals surface area (Å²) in [5.41, 5.74) is 6.36. The zero-order valence-corrected chi connectivity index (χ0v) is 11.3. The first kappa shape index (κ1) is 13.7. The maximum Gasteiger partial charge on any atom is 0.190 e. The molecule has 3 nitrogen and oxygen atoms in total. The molecule has 1 aromatic heterocycles. The first-order valence-electron chi connectivity index (χ1n) is 5.69. The topological polar surface area (TPSA) is 51.8 Å². The Bertz CT molecular complexity index is 564. The van der Waals surface area contributed by atoms with Gasteiger partial charge in [0.15, 0.2) is 5.16 Å². The molecule has 0 saturated heterocycles. The van der Waals surface area contributed by atoms with Gasteiger partial charge in [-0.1, -0.05) is 17.8 Å². The van der Waals surface area contributed by atoms with Gasteiger partial charge in [-0.2, -0.15) is 0 Å². The fraction of sp³-hybridized carbons (Fsp3) is 0.231. The number of halogens is 2. The van der Waals surface area contributed by atoms with E-state index in [1.165, 1.54) is 30.0 Å². The zero-order valence-electron chi connectivity index (χ0n) is 10.5. The third-order valence-corrected chi connectivity index (χ3v) is 3.52. The minimum atomic E-state index is -0.569. The number of benzene rings is 1. The van der Waals surface area contributed by atoms with Gasteiger partial charge in [-0.05, 0) is 26.0 Å². The monoisotopic (exact) mass is 281 g/mol. The number of aromatic nitrogens is 2. The lowest BCUT2D eigenvalue weighted by Crippen LogP contribution is -2.01. The third-order valence-electron chi connectivity index (χ3n) is 2.54. The number of hydrogen-bond acceptors (Lipinski definition) is 4. The standard InChI is InChI=1S/C13H13F2N3S/c1-7-6-11(16)18-13(17-7)19-8(2)12-9(14)4-3-5-10(12)15/h3-6,8H,1-2H3,(H2,16,17,18)/t8-/m1/s1. The van der Waals surface area contributed by atoms with Crippen molar-refractivity contribution in [3.63, 3.8) is 0 Å². The van der Waals surface area contributed by atoms with Crippen molar-refractivity contribution in [3.8, 4) is 0 Å². The lowest BCUT2D eigenvalue weighted by Gasteiger charge is -2.12. The number of nitrogens with two attached hydrogens (primary N) is 1. The average Bonchev–Trinajstić information content (AvgIpc) is 2.26. The van der Waals surface area contributed by atoms with Crippen LogP contribution in [-0.4, -0.2) is 9.97 Å². The van der Waals surface area contributed by atoms with Crippen molar-refractivity contribution < 1.29 is 8.78 Å². The molecule has 1 atom stereocenters. The molecule has 0 unspecified atom stereocenters. The first-order chi connectivity index (χ1) is 8.97. The van der Waals surface area contributed by atoms with E-state index in [9.17, 15) is 8.78 Å². The molecule has 0 amide bonds. The average molecular weight is 281 g/mol. The van der Waals surface area contributed by atoms with Gasteiger partial charge in [-0.25, -0.2) is 18.7 Å². The van der Waals surface area contributed by atoms with Crippen LogP contribution in [0.25, 0.3) is 0 Å². The molecule has 2 N–H and O–H groups in total. The summed E-state index contributed by atoms with van der Waals surface area (Å²) < 4.78 is 27.3. The van der Waals surface area contributed by atoms with Crippen molar-refractivity contribution >= 4 is 17.6 Å². The Morgan fingerprint density at radius 2 is 1.84 bits per heavy atom. The van der Waals surface area contributed by atoms with Crippen LogP contribution < -0.4 is 5.73 Å². The Morgan fingerprint density at radius 3 is 2.42 bits per heavy atom. The highest BCUT2D eigenvalue weighted by Gasteiger charge is 2.18. The predicted octanol–water partition coefficient (Wildman–Crippen LogP) is 3.50. The van der Waals surface area contributed by atoms with Crippen molar-refractivity contribution in [2.45, 2.75) is 24.3 Å². The van der Waals surface area contributed by atoms with Gasteiger partial charge in [0, 0.05) is 22.6 Å². The van der Waals surface area contributed by atoms with Crippen molar-refractivity contribution in [2.75, 3.05) is 5.73 Å². The Balaban J connectivity index is 2.28. The summed E-state index contributed by atoms with van der Waals surface area (Å²) in [5, 5.41) is -0.0324. The quantitative estimate of drug-likeness (QED) is 0.691. The molecule has 0 bridgehead atoms. The molecule has 1 heterocycles. The fourth-order valence-corrected chi connectivity index (χ4v) is 2.75. The van der Waals surface area contributed by atoms with Gasteiger partial charge in [0.25, 0.3) is 0 Å². The second-order valence-electron chi connectivity index (χ2n) is 4.11. The lowest BCUT2D eigenvalue weighted by atomic mass is 10.1. The van der Waals surface area contributed by atoms with Gasteiger partial charge < -0.3 is 5.73 Å². The van der Waals surface area contributed by atoms with Crippen LogP contribution in [0.4, 0.5) is 14.6 Å². The molecule has 0 aliphatic rings. The first-order valence-corrected chi connectivity index (χ1v) is 6.57. The van der Waals surface area contributed by atoms with Gasteiger partial charge in [-0.15, -0.1) is 0 Å². The molecule has 2 rings (SSSR count). The van der Waals surface area contributed by atoms with Crippen LogP contribution in [0, 0.1) is 18.6 Å². The highest BCUT2D eigenvalue weighted by molar-refractivity contribution is 7.99. The number of thioether (sulfide) groups is 1. The van der Waals surface area contributed by atoms with Gasteiger partial charge in [-0.3, -0.25) is 0 Å². The van der Waals surface area contributed by atoms with E-state index in [1.54, 1.807) is 19.9 Å². The molecule has 0 aliphatic carbocycles. The number of hydrogen-bond donors (Lipinski definition) is 1. The van der Waals surface area contributed by atoms with E-state index in [0.717, 1.165) is 5.69 Å². The minimum absolute atomic E-state index is 0.0242. The smallest absolute Gasteiger partial charge is 0.190 e. The Kier molecular flexibility index (Phi) is 3.99.